The zero-order valence-corrected chi connectivity index (χ0v) is 12.1. The van der Waals surface area contributed by atoms with Gasteiger partial charge in [-0.2, -0.15) is 5.10 Å². The minimum Gasteiger partial charge on any atom is -0.354 e. The molecule has 1 amide bonds. The monoisotopic (exact) mass is 282 g/mol. The van der Waals surface area contributed by atoms with Gasteiger partial charge in [0.05, 0.1) is 11.4 Å². The van der Waals surface area contributed by atoms with E-state index in [2.05, 4.69) is 22.0 Å². The molecule has 3 rings (SSSR count). The molecule has 1 N–H and O–H groups in total. The molecule has 2 heterocycles. The molecule has 5 heteroatoms. The first-order chi connectivity index (χ1) is 10.2. The van der Waals surface area contributed by atoms with Crippen molar-refractivity contribution in [3.8, 4) is 5.69 Å². The molecular weight excluding hydrogens is 264 g/mol. The van der Waals surface area contributed by atoms with Gasteiger partial charge in [0.2, 0.25) is 0 Å². The zero-order valence-electron chi connectivity index (χ0n) is 12.1. The predicted octanol–water partition coefficient (Wildman–Crippen LogP) is 2.37. The van der Waals surface area contributed by atoms with Crippen LogP contribution in [0.25, 0.3) is 11.3 Å². The lowest BCUT2D eigenvalue weighted by molar-refractivity contribution is 0.0957. The van der Waals surface area contributed by atoms with Gasteiger partial charge in [-0.3, -0.25) is 9.78 Å². The van der Waals surface area contributed by atoms with Gasteiger partial charge in [0.25, 0.3) is 5.91 Å². The minimum atomic E-state index is -0.145. The first-order valence-electron chi connectivity index (χ1n) is 7.15. The van der Waals surface area contributed by atoms with Crippen LogP contribution in [0, 0.1) is 0 Å². The van der Waals surface area contributed by atoms with E-state index in [0.29, 0.717) is 5.69 Å². The van der Waals surface area contributed by atoms with Crippen molar-refractivity contribution in [2.45, 2.75) is 25.7 Å². The Morgan fingerprint density at radius 1 is 1.29 bits per heavy atom. The number of amides is 1. The van der Waals surface area contributed by atoms with Crippen molar-refractivity contribution >= 4 is 11.5 Å². The second-order valence-electron chi connectivity index (χ2n) is 5.18. The first-order valence-corrected chi connectivity index (χ1v) is 7.15. The lowest BCUT2D eigenvalue weighted by Gasteiger charge is -2.09. The number of rotatable bonds is 2. The highest BCUT2D eigenvalue weighted by atomic mass is 16.1. The van der Waals surface area contributed by atoms with Crippen LogP contribution in [0.15, 0.2) is 31.1 Å². The van der Waals surface area contributed by atoms with Gasteiger partial charge in [-0.05, 0) is 43.4 Å². The normalized spacial score (nSPS) is 14.4. The highest BCUT2D eigenvalue weighted by molar-refractivity contribution is 5.95. The molecule has 0 aliphatic heterocycles. The number of carbonyl (C=O) groups excluding carboxylic acids is 1. The Hall–Kier alpha value is -2.43. The molecule has 0 saturated carbocycles. The Morgan fingerprint density at radius 3 is 2.71 bits per heavy atom. The van der Waals surface area contributed by atoms with Crippen molar-refractivity contribution < 1.29 is 4.79 Å². The molecule has 0 unspecified atom stereocenters. The number of hydrogen-bond donors (Lipinski definition) is 1. The maximum absolute atomic E-state index is 12.1. The van der Waals surface area contributed by atoms with Gasteiger partial charge >= 0.3 is 0 Å². The second kappa shape index (κ2) is 5.52. The summed E-state index contributed by atoms with van der Waals surface area (Å²) >= 11 is 0. The van der Waals surface area contributed by atoms with E-state index in [4.69, 9.17) is 0 Å². The standard InChI is InChI=1S/C16H18N4O/c1-11-5-3-4-6-13-14(16(21)17-2)19-20(15(11)13)12-7-9-18-10-8-12/h7-10H,1,3-6H2,2H3,(H,17,21). The van der Waals surface area contributed by atoms with E-state index in [0.717, 1.165) is 48.2 Å². The fourth-order valence-electron chi connectivity index (χ4n) is 2.78. The van der Waals surface area contributed by atoms with Crippen molar-refractivity contribution in [1.82, 2.24) is 20.1 Å². The summed E-state index contributed by atoms with van der Waals surface area (Å²) in [6.07, 6.45) is 7.40. The average molecular weight is 282 g/mol. The van der Waals surface area contributed by atoms with Crippen LogP contribution in [-0.4, -0.2) is 27.7 Å². The molecule has 21 heavy (non-hydrogen) atoms. The highest BCUT2D eigenvalue weighted by Gasteiger charge is 2.25. The predicted molar refractivity (Wildman–Crippen MR) is 81.3 cm³/mol. The van der Waals surface area contributed by atoms with Gasteiger partial charge in [0.15, 0.2) is 5.69 Å². The molecular formula is C16H18N4O. The number of nitrogens with one attached hydrogen (secondary N) is 1. The summed E-state index contributed by atoms with van der Waals surface area (Å²) in [7, 11) is 1.63. The Balaban J connectivity index is 2.23. The van der Waals surface area contributed by atoms with Crippen LogP contribution in [-0.2, 0) is 6.42 Å². The van der Waals surface area contributed by atoms with Crippen LogP contribution in [0.2, 0.25) is 0 Å². The maximum atomic E-state index is 12.1. The van der Waals surface area contributed by atoms with Crippen molar-refractivity contribution in [2.75, 3.05) is 7.05 Å². The summed E-state index contributed by atoms with van der Waals surface area (Å²) in [6.45, 7) is 4.19. The van der Waals surface area contributed by atoms with Crippen molar-refractivity contribution in [3.63, 3.8) is 0 Å². The maximum Gasteiger partial charge on any atom is 0.271 e. The zero-order chi connectivity index (χ0) is 14.8. The minimum absolute atomic E-state index is 0.145. The molecule has 5 nitrogen and oxygen atoms in total. The Labute approximate surface area is 123 Å². The van der Waals surface area contributed by atoms with Gasteiger partial charge in [-0.25, -0.2) is 4.68 Å². The molecule has 108 valence electrons. The lowest BCUT2D eigenvalue weighted by Crippen LogP contribution is -2.20. The molecule has 2 aromatic rings. The SMILES string of the molecule is C=C1CCCCc2c(C(=O)NC)nn(-c3ccncc3)c21. The van der Waals surface area contributed by atoms with Crippen LogP contribution < -0.4 is 5.32 Å². The third kappa shape index (κ3) is 2.35. The lowest BCUT2D eigenvalue weighted by atomic mass is 10.1. The van der Waals surface area contributed by atoms with Crippen molar-refractivity contribution in [3.05, 3.63) is 48.1 Å². The molecule has 0 fully saturated rings. The summed E-state index contributed by atoms with van der Waals surface area (Å²) in [4.78, 5) is 16.2. The topological polar surface area (TPSA) is 59.8 Å². The molecule has 0 aromatic carbocycles. The number of pyridine rings is 1. The third-order valence-electron chi connectivity index (χ3n) is 3.82. The van der Waals surface area contributed by atoms with Gasteiger partial charge in [0, 0.05) is 25.0 Å². The van der Waals surface area contributed by atoms with Crippen LogP contribution in [0.1, 0.15) is 41.0 Å². The largest absolute Gasteiger partial charge is 0.354 e. The first kappa shape index (κ1) is 13.5. The Morgan fingerprint density at radius 2 is 2.00 bits per heavy atom. The fraction of sp³-hybridized carbons (Fsp3) is 0.312. The smallest absolute Gasteiger partial charge is 0.271 e. The van der Waals surface area contributed by atoms with E-state index in [1.807, 2.05) is 16.8 Å². The number of nitrogens with zero attached hydrogens (tertiary/aromatic N) is 3. The summed E-state index contributed by atoms with van der Waals surface area (Å²) in [5, 5.41) is 7.22. The molecule has 1 aliphatic rings. The molecule has 0 spiro atoms. The van der Waals surface area contributed by atoms with E-state index in [1.165, 1.54) is 0 Å². The van der Waals surface area contributed by atoms with Gasteiger partial charge < -0.3 is 5.32 Å². The summed E-state index contributed by atoms with van der Waals surface area (Å²) in [5.41, 5.74) is 4.44. The summed E-state index contributed by atoms with van der Waals surface area (Å²) < 4.78 is 1.83. The van der Waals surface area contributed by atoms with Crippen molar-refractivity contribution in [2.24, 2.45) is 0 Å². The second-order valence-corrected chi connectivity index (χ2v) is 5.18. The van der Waals surface area contributed by atoms with E-state index >= 15 is 0 Å². The van der Waals surface area contributed by atoms with E-state index in [1.54, 1.807) is 19.4 Å². The molecule has 0 saturated heterocycles. The molecule has 0 atom stereocenters. The van der Waals surface area contributed by atoms with Gasteiger partial charge in [-0.1, -0.05) is 6.58 Å². The summed E-state index contributed by atoms with van der Waals surface area (Å²) in [5.74, 6) is -0.145. The van der Waals surface area contributed by atoms with E-state index in [-0.39, 0.29) is 5.91 Å². The fourth-order valence-corrected chi connectivity index (χ4v) is 2.78. The van der Waals surface area contributed by atoms with Crippen LogP contribution in [0.4, 0.5) is 0 Å². The number of fused-ring (bicyclic) bond motifs is 1. The summed E-state index contributed by atoms with van der Waals surface area (Å²) in [6, 6.07) is 3.78. The number of carbonyl (C=O) groups is 1. The molecule has 2 aromatic heterocycles. The van der Waals surface area contributed by atoms with E-state index in [9.17, 15) is 4.79 Å². The quantitative estimate of drug-likeness (QED) is 0.860. The highest BCUT2D eigenvalue weighted by Crippen LogP contribution is 2.32. The average Bonchev–Trinajstić information content (AvgIpc) is 2.81. The number of hydrogen-bond acceptors (Lipinski definition) is 3. The van der Waals surface area contributed by atoms with Gasteiger partial charge in [-0.15, -0.1) is 0 Å². The number of allylic oxidation sites excluding steroid dienone is 1. The van der Waals surface area contributed by atoms with Crippen LogP contribution in [0.3, 0.4) is 0 Å². The van der Waals surface area contributed by atoms with Crippen LogP contribution in [0.5, 0.6) is 0 Å². The third-order valence-corrected chi connectivity index (χ3v) is 3.82. The number of aromatic nitrogens is 3. The molecule has 1 aliphatic carbocycles. The Kier molecular flexibility index (Phi) is 3.56. The molecule has 0 radical (unpaired) electrons. The van der Waals surface area contributed by atoms with Crippen LogP contribution >= 0.6 is 0 Å². The molecule has 0 bridgehead atoms. The van der Waals surface area contributed by atoms with Crippen molar-refractivity contribution in [1.29, 1.82) is 0 Å². The van der Waals surface area contributed by atoms with Gasteiger partial charge in [0.1, 0.15) is 0 Å². The Bertz CT molecular complexity index is 688. The van der Waals surface area contributed by atoms with E-state index < -0.39 is 0 Å².